The van der Waals surface area contributed by atoms with Crippen LogP contribution in [0.3, 0.4) is 0 Å². The first-order valence-corrected chi connectivity index (χ1v) is 7.86. The second-order valence-electron chi connectivity index (χ2n) is 4.91. The summed E-state index contributed by atoms with van der Waals surface area (Å²) in [5.74, 6) is 1.45. The summed E-state index contributed by atoms with van der Waals surface area (Å²) >= 11 is 1.27. The van der Waals surface area contributed by atoms with Gasteiger partial charge < -0.3 is 15.2 Å². The Morgan fingerprint density at radius 2 is 1.87 bits per heavy atom. The predicted molar refractivity (Wildman–Crippen MR) is 90.4 cm³/mol. The van der Waals surface area contributed by atoms with E-state index in [-0.39, 0.29) is 11.0 Å². The van der Waals surface area contributed by atoms with Crippen molar-refractivity contribution in [2.24, 2.45) is 0 Å². The zero-order valence-corrected chi connectivity index (χ0v) is 14.3. The number of ether oxygens (including phenoxy) is 2. The molecule has 0 saturated heterocycles. The Hall–Kier alpha value is -2.28. The number of benzene rings is 1. The standard InChI is InChI=1S/C16H19N3O3S/c1-9-7-14(17)19-16(18-9)23-10(2)15(20)11-5-6-12(21-3)13(8-11)22-4/h5-8,10H,1-4H3,(H2,17,18,19)/t10-/m0/s1. The van der Waals surface area contributed by atoms with E-state index in [1.54, 1.807) is 31.4 Å². The molecule has 1 aromatic carbocycles. The summed E-state index contributed by atoms with van der Waals surface area (Å²) in [6, 6.07) is 6.78. The number of carbonyl (C=O) groups is 1. The van der Waals surface area contributed by atoms with Crippen LogP contribution < -0.4 is 15.2 Å². The summed E-state index contributed by atoms with van der Waals surface area (Å²) in [5, 5.41) is 0.137. The van der Waals surface area contributed by atoms with Gasteiger partial charge in [-0.05, 0) is 32.0 Å². The van der Waals surface area contributed by atoms with Crippen LogP contribution in [-0.4, -0.2) is 35.2 Å². The summed E-state index contributed by atoms with van der Waals surface area (Å²) in [5.41, 5.74) is 7.03. The fraction of sp³-hybridized carbons (Fsp3) is 0.312. The van der Waals surface area contributed by atoms with Gasteiger partial charge in [-0.25, -0.2) is 9.97 Å². The number of aromatic nitrogens is 2. The largest absolute Gasteiger partial charge is 0.493 e. The number of Topliss-reactive ketones (excluding diaryl/α,β-unsaturated/α-hetero) is 1. The van der Waals surface area contributed by atoms with E-state index in [1.807, 2.05) is 13.8 Å². The number of hydrogen-bond acceptors (Lipinski definition) is 7. The minimum atomic E-state index is -0.352. The number of nitrogens with two attached hydrogens (primary N) is 1. The lowest BCUT2D eigenvalue weighted by Crippen LogP contribution is -2.14. The van der Waals surface area contributed by atoms with Crippen LogP contribution >= 0.6 is 11.8 Å². The third kappa shape index (κ3) is 4.13. The molecule has 2 rings (SSSR count). The molecule has 1 heterocycles. The Morgan fingerprint density at radius 1 is 1.17 bits per heavy atom. The molecule has 0 fully saturated rings. The van der Waals surface area contributed by atoms with Gasteiger partial charge in [-0.1, -0.05) is 11.8 Å². The number of aryl methyl sites for hydroxylation is 1. The van der Waals surface area contributed by atoms with E-state index in [0.717, 1.165) is 5.69 Å². The Balaban J connectivity index is 2.19. The second kappa shape index (κ2) is 7.32. The highest BCUT2D eigenvalue weighted by Gasteiger charge is 2.20. The maximum atomic E-state index is 12.6. The normalized spacial score (nSPS) is 11.8. The first kappa shape index (κ1) is 17.1. The molecule has 6 nitrogen and oxygen atoms in total. The van der Waals surface area contributed by atoms with E-state index in [1.165, 1.54) is 18.9 Å². The Kier molecular flexibility index (Phi) is 5.44. The van der Waals surface area contributed by atoms with Crippen LogP contribution in [0.2, 0.25) is 0 Å². The molecule has 0 bridgehead atoms. The number of rotatable bonds is 6. The summed E-state index contributed by atoms with van der Waals surface area (Å²) in [6.07, 6.45) is 0. The number of anilines is 1. The lowest BCUT2D eigenvalue weighted by molar-refractivity contribution is 0.0993. The number of nitrogen functional groups attached to an aromatic ring is 1. The van der Waals surface area contributed by atoms with Crippen LogP contribution in [0, 0.1) is 6.92 Å². The van der Waals surface area contributed by atoms with E-state index in [4.69, 9.17) is 15.2 Å². The van der Waals surface area contributed by atoms with Gasteiger partial charge in [0.1, 0.15) is 5.82 Å². The molecule has 0 unspecified atom stereocenters. The molecule has 0 aliphatic heterocycles. The summed E-state index contributed by atoms with van der Waals surface area (Å²) in [6.45, 7) is 3.65. The molecular formula is C16H19N3O3S. The van der Waals surface area contributed by atoms with Gasteiger partial charge in [-0.15, -0.1) is 0 Å². The van der Waals surface area contributed by atoms with Crippen molar-refractivity contribution in [1.29, 1.82) is 0 Å². The molecule has 7 heteroatoms. The summed E-state index contributed by atoms with van der Waals surface area (Å²) in [4.78, 5) is 21.0. The molecule has 2 aromatic rings. The fourth-order valence-corrected chi connectivity index (χ4v) is 2.97. The third-order valence-corrected chi connectivity index (χ3v) is 4.13. The average Bonchev–Trinajstić information content (AvgIpc) is 2.52. The molecular weight excluding hydrogens is 314 g/mol. The SMILES string of the molecule is COc1ccc(C(=O)[C@H](C)Sc2nc(C)cc(N)n2)cc1OC. The van der Waals surface area contributed by atoms with Gasteiger partial charge in [0.2, 0.25) is 0 Å². The molecule has 1 atom stereocenters. The van der Waals surface area contributed by atoms with Gasteiger partial charge in [-0.3, -0.25) is 4.79 Å². The van der Waals surface area contributed by atoms with Crippen LogP contribution in [0.4, 0.5) is 5.82 Å². The van der Waals surface area contributed by atoms with Gasteiger partial charge >= 0.3 is 0 Å². The average molecular weight is 333 g/mol. The molecule has 1 aromatic heterocycles. The monoisotopic (exact) mass is 333 g/mol. The van der Waals surface area contributed by atoms with E-state index in [2.05, 4.69) is 9.97 Å². The molecule has 2 N–H and O–H groups in total. The summed E-state index contributed by atoms with van der Waals surface area (Å²) in [7, 11) is 3.09. The number of carbonyl (C=O) groups excluding carboxylic acids is 1. The lowest BCUT2D eigenvalue weighted by atomic mass is 10.1. The molecule has 0 radical (unpaired) electrons. The van der Waals surface area contributed by atoms with Crippen molar-refractivity contribution in [3.05, 3.63) is 35.5 Å². The van der Waals surface area contributed by atoms with E-state index in [9.17, 15) is 4.79 Å². The Bertz CT molecular complexity index is 701. The number of ketones is 1. The van der Waals surface area contributed by atoms with Crippen LogP contribution in [0.15, 0.2) is 29.4 Å². The molecule has 0 spiro atoms. The smallest absolute Gasteiger partial charge is 0.190 e. The fourth-order valence-electron chi connectivity index (χ4n) is 2.05. The van der Waals surface area contributed by atoms with Crippen molar-refractivity contribution in [3.8, 4) is 11.5 Å². The van der Waals surface area contributed by atoms with Crippen molar-refractivity contribution in [2.75, 3.05) is 20.0 Å². The topological polar surface area (TPSA) is 87.3 Å². The highest BCUT2D eigenvalue weighted by molar-refractivity contribution is 8.00. The molecule has 0 aliphatic carbocycles. The molecule has 122 valence electrons. The van der Waals surface area contributed by atoms with Crippen molar-refractivity contribution in [1.82, 2.24) is 9.97 Å². The quantitative estimate of drug-likeness (QED) is 0.494. The highest BCUT2D eigenvalue weighted by Crippen LogP contribution is 2.30. The van der Waals surface area contributed by atoms with Crippen LogP contribution in [0.1, 0.15) is 23.0 Å². The van der Waals surface area contributed by atoms with Crippen molar-refractivity contribution in [2.45, 2.75) is 24.3 Å². The van der Waals surface area contributed by atoms with E-state index in [0.29, 0.717) is 28.0 Å². The van der Waals surface area contributed by atoms with Crippen molar-refractivity contribution in [3.63, 3.8) is 0 Å². The van der Waals surface area contributed by atoms with Gasteiger partial charge in [0, 0.05) is 17.3 Å². The maximum Gasteiger partial charge on any atom is 0.190 e. The second-order valence-corrected chi connectivity index (χ2v) is 6.22. The van der Waals surface area contributed by atoms with Gasteiger partial charge in [0.15, 0.2) is 22.4 Å². The Labute approximate surface area is 139 Å². The number of thioether (sulfide) groups is 1. The van der Waals surface area contributed by atoms with Gasteiger partial charge in [-0.2, -0.15) is 0 Å². The maximum absolute atomic E-state index is 12.6. The zero-order valence-electron chi connectivity index (χ0n) is 13.5. The lowest BCUT2D eigenvalue weighted by Gasteiger charge is -2.12. The van der Waals surface area contributed by atoms with E-state index >= 15 is 0 Å². The van der Waals surface area contributed by atoms with E-state index < -0.39 is 0 Å². The van der Waals surface area contributed by atoms with Crippen LogP contribution in [-0.2, 0) is 0 Å². The van der Waals surface area contributed by atoms with Crippen molar-refractivity contribution < 1.29 is 14.3 Å². The van der Waals surface area contributed by atoms with Crippen LogP contribution in [0.5, 0.6) is 11.5 Å². The van der Waals surface area contributed by atoms with Crippen LogP contribution in [0.25, 0.3) is 0 Å². The number of nitrogens with zero attached hydrogens (tertiary/aromatic N) is 2. The first-order valence-electron chi connectivity index (χ1n) is 6.98. The van der Waals surface area contributed by atoms with Gasteiger partial charge in [0.25, 0.3) is 0 Å². The zero-order chi connectivity index (χ0) is 17.0. The minimum absolute atomic E-state index is 0.0420. The Morgan fingerprint density at radius 3 is 2.48 bits per heavy atom. The molecule has 23 heavy (non-hydrogen) atoms. The predicted octanol–water partition coefficient (Wildman–Crippen LogP) is 2.75. The van der Waals surface area contributed by atoms with Crippen molar-refractivity contribution >= 4 is 23.4 Å². The number of methoxy groups -OCH3 is 2. The third-order valence-electron chi connectivity index (χ3n) is 3.17. The summed E-state index contributed by atoms with van der Waals surface area (Å²) < 4.78 is 10.4. The minimum Gasteiger partial charge on any atom is -0.493 e. The number of hydrogen-bond donors (Lipinski definition) is 1. The molecule has 0 saturated carbocycles. The molecule has 0 amide bonds. The molecule has 0 aliphatic rings. The first-order chi connectivity index (χ1) is 10.9. The van der Waals surface area contributed by atoms with Gasteiger partial charge in [0.05, 0.1) is 19.5 Å². The highest BCUT2D eigenvalue weighted by atomic mass is 32.2.